The van der Waals surface area contributed by atoms with Gasteiger partial charge in [-0.25, -0.2) is 0 Å². The van der Waals surface area contributed by atoms with Crippen molar-refractivity contribution in [2.75, 3.05) is 0 Å². The van der Waals surface area contributed by atoms with Crippen molar-refractivity contribution in [3.63, 3.8) is 0 Å². The van der Waals surface area contributed by atoms with E-state index in [1.807, 2.05) is 31.2 Å². The molecule has 0 heterocycles. The molecule has 0 saturated carbocycles. The van der Waals surface area contributed by atoms with E-state index >= 15 is 0 Å². The van der Waals surface area contributed by atoms with Crippen LogP contribution in [0.2, 0.25) is 0 Å². The summed E-state index contributed by atoms with van der Waals surface area (Å²) in [5.41, 5.74) is 4.41. The van der Waals surface area contributed by atoms with E-state index in [4.69, 9.17) is 0 Å². The van der Waals surface area contributed by atoms with Crippen molar-refractivity contribution in [2.45, 2.75) is 50.8 Å². The van der Waals surface area contributed by atoms with Crippen LogP contribution in [0.15, 0.2) is 47.4 Å². The molecular weight excluding hydrogens is 302 g/mol. The first-order chi connectivity index (χ1) is 10.9. The smallest absolute Gasteiger partial charge is 0.252 e. The van der Waals surface area contributed by atoms with E-state index in [0.717, 1.165) is 16.0 Å². The molecule has 0 bridgehead atoms. The summed E-state index contributed by atoms with van der Waals surface area (Å²) < 4.78 is 0. The number of benzene rings is 2. The number of thioether (sulfide) groups is 1. The summed E-state index contributed by atoms with van der Waals surface area (Å²) in [7, 11) is 0. The molecule has 2 aromatic rings. The van der Waals surface area contributed by atoms with Gasteiger partial charge in [0.1, 0.15) is 0 Å². The standard InChI is InChI=1S/C20H25NOS/c1-13(2)23-19-9-7-6-8-18(19)20(22)21-16(5)17-11-10-14(3)15(4)12-17/h6-13,16H,1-5H3,(H,21,22)/t16-/m0/s1. The van der Waals surface area contributed by atoms with Crippen LogP contribution in [-0.2, 0) is 0 Å². The Bertz CT molecular complexity index is 694. The highest BCUT2D eigenvalue weighted by molar-refractivity contribution is 8.00. The summed E-state index contributed by atoms with van der Waals surface area (Å²) >= 11 is 1.72. The minimum Gasteiger partial charge on any atom is -0.345 e. The third kappa shape index (κ3) is 4.61. The predicted octanol–water partition coefficient (Wildman–Crippen LogP) is 5.29. The van der Waals surface area contributed by atoms with Crippen LogP contribution in [-0.4, -0.2) is 11.2 Å². The summed E-state index contributed by atoms with van der Waals surface area (Å²) in [5, 5.41) is 3.57. The molecule has 0 fully saturated rings. The topological polar surface area (TPSA) is 29.1 Å². The predicted molar refractivity (Wildman–Crippen MR) is 99.2 cm³/mol. The number of amides is 1. The lowest BCUT2D eigenvalue weighted by molar-refractivity contribution is 0.0937. The summed E-state index contributed by atoms with van der Waals surface area (Å²) in [4.78, 5) is 13.7. The van der Waals surface area contributed by atoms with Crippen LogP contribution in [0, 0.1) is 13.8 Å². The second kappa shape index (κ2) is 7.69. The maximum Gasteiger partial charge on any atom is 0.252 e. The molecule has 0 spiro atoms. The molecule has 0 radical (unpaired) electrons. The molecule has 2 rings (SSSR count). The first-order valence-corrected chi connectivity index (χ1v) is 8.90. The van der Waals surface area contributed by atoms with E-state index in [1.54, 1.807) is 11.8 Å². The zero-order chi connectivity index (χ0) is 17.0. The van der Waals surface area contributed by atoms with E-state index in [2.05, 4.69) is 51.2 Å². The van der Waals surface area contributed by atoms with Crippen LogP contribution in [0.3, 0.4) is 0 Å². The lowest BCUT2D eigenvalue weighted by Gasteiger charge is -2.17. The first-order valence-electron chi connectivity index (χ1n) is 8.02. The Morgan fingerprint density at radius 2 is 1.70 bits per heavy atom. The van der Waals surface area contributed by atoms with E-state index in [0.29, 0.717) is 5.25 Å². The molecule has 0 aromatic heterocycles. The van der Waals surface area contributed by atoms with Gasteiger partial charge in [0.25, 0.3) is 5.91 Å². The first kappa shape index (κ1) is 17.6. The molecule has 1 atom stereocenters. The monoisotopic (exact) mass is 327 g/mol. The van der Waals surface area contributed by atoms with E-state index in [9.17, 15) is 4.79 Å². The Labute approximate surface area is 143 Å². The van der Waals surface area contributed by atoms with Crippen molar-refractivity contribution in [3.05, 3.63) is 64.7 Å². The zero-order valence-electron chi connectivity index (χ0n) is 14.5. The lowest BCUT2D eigenvalue weighted by Crippen LogP contribution is -2.27. The number of hydrogen-bond donors (Lipinski definition) is 1. The summed E-state index contributed by atoms with van der Waals surface area (Å²) in [5.74, 6) is -0.0144. The summed E-state index contributed by atoms with van der Waals surface area (Å²) in [6.45, 7) is 10.5. The van der Waals surface area contributed by atoms with Gasteiger partial charge in [-0.15, -0.1) is 11.8 Å². The molecule has 3 heteroatoms. The summed E-state index contributed by atoms with van der Waals surface area (Å²) in [6.07, 6.45) is 0. The molecule has 0 unspecified atom stereocenters. The van der Waals surface area contributed by atoms with Crippen LogP contribution in [0.1, 0.15) is 53.9 Å². The Balaban J connectivity index is 2.16. The number of carbonyl (C=O) groups excluding carboxylic acids is 1. The van der Waals surface area contributed by atoms with Gasteiger partial charge in [-0.3, -0.25) is 4.79 Å². The third-order valence-electron chi connectivity index (χ3n) is 3.87. The fourth-order valence-electron chi connectivity index (χ4n) is 2.40. The highest BCUT2D eigenvalue weighted by atomic mass is 32.2. The van der Waals surface area contributed by atoms with Gasteiger partial charge >= 0.3 is 0 Å². The Hall–Kier alpha value is -1.74. The molecule has 2 nitrogen and oxygen atoms in total. The average molecular weight is 327 g/mol. The number of aryl methyl sites for hydroxylation is 2. The highest BCUT2D eigenvalue weighted by Crippen LogP contribution is 2.27. The molecule has 0 aliphatic heterocycles. The number of rotatable bonds is 5. The largest absolute Gasteiger partial charge is 0.345 e. The third-order valence-corrected chi connectivity index (χ3v) is 4.95. The zero-order valence-corrected chi connectivity index (χ0v) is 15.3. The van der Waals surface area contributed by atoms with Gasteiger partial charge in [-0.1, -0.05) is 44.2 Å². The SMILES string of the molecule is Cc1ccc([C@H](C)NC(=O)c2ccccc2SC(C)C)cc1C. The quantitative estimate of drug-likeness (QED) is 0.756. The van der Waals surface area contributed by atoms with Gasteiger partial charge in [0.15, 0.2) is 0 Å². The minimum absolute atomic E-state index is 0.0144. The molecule has 1 amide bonds. The molecule has 23 heavy (non-hydrogen) atoms. The van der Waals surface area contributed by atoms with Crippen molar-refractivity contribution in [1.82, 2.24) is 5.32 Å². The van der Waals surface area contributed by atoms with Crippen LogP contribution in [0.4, 0.5) is 0 Å². The fraction of sp³-hybridized carbons (Fsp3) is 0.350. The molecular formula is C20H25NOS. The van der Waals surface area contributed by atoms with E-state index < -0.39 is 0 Å². The number of carbonyl (C=O) groups is 1. The second-order valence-corrected chi connectivity index (χ2v) is 7.82. The van der Waals surface area contributed by atoms with Crippen molar-refractivity contribution in [2.24, 2.45) is 0 Å². The molecule has 122 valence electrons. The van der Waals surface area contributed by atoms with Gasteiger partial charge in [-0.05, 0) is 49.6 Å². The molecule has 1 N–H and O–H groups in total. The van der Waals surface area contributed by atoms with E-state index in [1.165, 1.54) is 11.1 Å². The van der Waals surface area contributed by atoms with Crippen LogP contribution < -0.4 is 5.32 Å². The van der Waals surface area contributed by atoms with Crippen LogP contribution in [0.25, 0.3) is 0 Å². The lowest BCUT2D eigenvalue weighted by atomic mass is 10.0. The summed E-state index contributed by atoms with van der Waals surface area (Å²) in [6, 6.07) is 14.1. The van der Waals surface area contributed by atoms with Crippen molar-refractivity contribution < 1.29 is 4.79 Å². The van der Waals surface area contributed by atoms with Gasteiger partial charge < -0.3 is 5.32 Å². The van der Waals surface area contributed by atoms with Crippen LogP contribution >= 0.6 is 11.8 Å². The highest BCUT2D eigenvalue weighted by Gasteiger charge is 2.15. The minimum atomic E-state index is -0.0149. The van der Waals surface area contributed by atoms with Crippen molar-refractivity contribution in [3.8, 4) is 0 Å². The van der Waals surface area contributed by atoms with Gasteiger partial charge in [0.05, 0.1) is 11.6 Å². The fourth-order valence-corrected chi connectivity index (χ4v) is 3.36. The number of hydrogen-bond acceptors (Lipinski definition) is 2. The molecule has 0 aliphatic rings. The normalized spacial score (nSPS) is 12.3. The van der Waals surface area contributed by atoms with Crippen LogP contribution in [0.5, 0.6) is 0 Å². The van der Waals surface area contributed by atoms with Gasteiger partial charge in [0.2, 0.25) is 0 Å². The van der Waals surface area contributed by atoms with Crippen molar-refractivity contribution >= 4 is 17.7 Å². The molecule has 2 aromatic carbocycles. The Kier molecular flexibility index (Phi) is 5.89. The molecule has 0 aliphatic carbocycles. The second-order valence-electron chi connectivity index (χ2n) is 6.20. The average Bonchev–Trinajstić information content (AvgIpc) is 2.49. The Morgan fingerprint density at radius 1 is 1.00 bits per heavy atom. The van der Waals surface area contributed by atoms with E-state index in [-0.39, 0.29) is 11.9 Å². The molecule has 0 saturated heterocycles. The number of nitrogens with one attached hydrogen (secondary N) is 1. The maximum absolute atomic E-state index is 12.7. The van der Waals surface area contributed by atoms with Gasteiger partial charge in [-0.2, -0.15) is 0 Å². The van der Waals surface area contributed by atoms with Gasteiger partial charge in [0, 0.05) is 10.1 Å². The van der Waals surface area contributed by atoms with Crippen molar-refractivity contribution in [1.29, 1.82) is 0 Å². The Morgan fingerprint density at radius 3 is 2.35 bits per heavy atom. The maximum atomic E-state index is 12.7.